The van der Waals surface area contributed by atoms with Crippen molar-refractivity contribution in [3.8, 4) is 0 Å². The van der Waals surface area contributed by atoms with Gasteiger partial charge in [0.1, 0.15) is 0 Å². The lowest BCUT2D eigenvalue weighted by atomic mass is 10.1. The first-order chi connectivity index (χ1) is 5.18. The number of allylic oxidation sites excluding steroid dienone is 4. The number of hydrogen-bond donors (Lipinski definition) is 0. The topological polar surface area (TPSA) is 0 Å². The van der Waals surface area contributed by atoms with Crippen LogP contribution in [0.5, 0.6) is 0 Å². The Balaban J connectivity index is 3.47. The quantitative estimate of drug-likeness (QED) is 0.420. The molecule has 0 amide bonds. The normalized spacial score (nSPS) is 10.5. The monoisotopic (exact) mass is 152 g/mol. The average molecular weight is 152 g/mol. The van der Waals surface area contributed by atoms with Crippen LogP contribution in [0, 0.1) is 0 Å². The second kappa shape index (κ2) is 6.21. The molecular formula is C11H20. The first kappa shape index (κ1) is 10.5. The molecule has 0 aliphatic heterocycles. The van der Waals surface area contributed by atoms with Crippen molar-refractivity contribution in [2.45, 2.75) is 47.0 Å². The van der Waals surface area contributed by atoms with E-state index >= 15 is 0 Å². The molecule has 0 atom stereocenters. The largest absolute Gasteiger partial charge is 0.0917 e. The Morgan fingerprint density at radius 1 is 1.18 bits per heavy atom. The van der Waals surface area contributed by atoms with Crippen LogP contribution in [0.15, 0.2) is 23.3 Å². The van der Waals surface area contributed by atoms with Crippen LogP contribution >= 0.6 is 0 Å². The summed E-state index contributed by atoms with van der Waals surface area (Å²) in [5, 5.41) is 0. The maximum absolute atomic E-state index is 2.23. The van der Waals surface area contributed by atoms with Crippen molar-refractivity contribution in [2.75, 3.05) is 0 Å². The van der Waals surface area contributed by atoms with Gasteiger partial charge in [-0.1, -0.05) is 23.3 Å². The smallest absolute Gasteiger partial charge is 0.0318 e. The Labute approximate surface area is 71.0 Å². The lowest BCUT2D eigenvalue weighted by Crippen LogP contribution is -1.80. The third kappa shape index (κ3) is 5.90. The molecule has 0 aromatic rings. The standard InChI is InChI=1S/C11H20/c1-5-6-7-8-9-11(4)10(2)3/h5-6H,7-9H2,1-4H3. The van der Waals surface area contributed by atoms with Crippen LogP contribution in [0.3, 0.4) is 0 Å². The molecule has 0 aromatic heterocycles. The Bertz CT molecular complexity index is 145. The molecule has 0 heteroatoms. The van der Waals surface area contributed by atoms with Crippen LogP contribution in [-0.2, 0) is 0 Å². The van der Waals surface area contributed by atoms with Gasteiger partial charge in [-0.25, -0.2) is 0 Å². The number of unbranched alkanes of at least 4 members (excludes halogenated alkanes) is 1. The second-order valence-corrected chi connectivity index (χ2v) is 3.24. The van der Waals surface area contributed by atoms with Crippen molar-refractivity contribution < 1.29 is 0 Å². The fourth-order valence-corrected chi connectivity index (χ4v) is 0.902. The fraction of sp³-hybridized carbons (Fsp3) is 0.636. The molecule has 0 fully saturated rings. The summed E-state index contributed by atoms with van der Waals surface area (Å²) in [6.07, 6.45) is 8.13. The van der Waals surface area contributed by atoms with Gasteiger partial charge in [-0.3, -0.25) is 0 Å². The molecular weight excluding hydrogens is 132 g/mol. The third-order valence-electron chi connectivity index (χ3n) is 2.01. The van der Waals surface area contributed by atoms with Gasteiger partial charge in [0.25, 0.3) is 0 Å². The molecule has 0 saturated carbocycles. The summed E-state index contributed by atoms with van der Waals surface area (Å²) in [5.41, 5.74) is 3.03. The first-order valence-corrected chi connectivity index (χ1v) is 4.42. The fourth-order valence-electron chi connectivity index (χ4n) is 0.902. The molecule has 0 bridgehead atoms. The lowest BCUT2D eigenvalue weighted by Gasteiger charge is -2.01. The molecule has 0 aliphatic carbocycles. The zero-order valence-electron chi connectivity index (χ0n) is 8.28. The van der Waals surface area contributed by atoms with Crippen molar-refractivity contribution in [1.82, 2.24) is 0 Å². The highest BCUT2D eigenvalue weighted by Gasteiger charge is 1.90. The van der Waals surface area contributed by atoms with Gasteiger partial charge in [0, 0.05) is 0 Å². The first-order valence-electron chi connectivity index (χ1n) is 4.42. The summed E-state index contributed by atoms with van der Waals surface area (Å²) in [4.78, 5) is 0. The van der Waals surface area contributed by atoms with Gasteiger partial charge in [0.15, 0.2) is 0 Å². The maximum Gasteiger partial charge on any atom is -0.0318 e. The highest BCUT2D eigenvalue weighted by atomic mass is 14.0. The van der Waals surface area contributed by atoms with E-state index < -0.39 is 0 Å². The van der Waals surface area contributed by atoms with Gasteiger partial charge < -0.3 is 0 Å². The predicted octanol–water partition coefficient (Wildman–Crippen LogP) is 4.09. The van der Waals surface area contributed by atoms with Gasteiger partial charge in [-0.2, -0.15) is 0 Å². The zero-order valence-corrected chi connectivity index (χ0v) is 8.28. The average Bonchev–Trinajstić information content (AvgIpc) is 1.97. The van der Waals surface area contributed by atoms with Crippen LogP contribution in [0.1, 0.15) is 47.0 Å². The third-order valence-corrected chi connectivity index (χ3v) is 2.01. The minimum Gasteiger partial charge on any atom is -0.0917 e. The van der Waals surface area contributed by atoms with E-state index in [0.717, 1.165) is 0 Å². The van der Waals surface area contributed by atoms with Gasteiger partial charge in [-0.05, 0) is 47.0 Å². The Morgan fingerprint density at radius 2 is 1.82 bits per heavy atom. The minimum atomic E-state index is 1.22. The Hall–Kier alpha value is -0.520. The SMILES string of the molecule is CC=CCCCC(C)=C(C)C. The molecule has 0 aliphatic rings. The van der Waals surface area contributed by atoms with E-state index in [1.165, 1.54) is 24.8 Å². The summed E-state index contributed by atoms with van der Waals surface area (Å²) in [5.74, 6) is 0. The Kier molecular flexibility index (Phi) is 5.91. The van der Waals surface area contributed by atoms with E-state index in [-0.39, 0.29) is 0 Å². The minimum absolute atomic E-state index is 1.22. The summed E-state index contributed by atoms with van der Waals surface area (Å²) < 4.78 is 0. The molecule has 0 spiro atoms. The highest BCUT2D eigenvalue weighted by Crippen LogP contribution is 2.10. The molecule has 11 heavy (non-hydrogen) atoms. The van der Waals surface area contributed by atoms with Crippen LogP contribution in [0.2, 0.25) is 0 Å². The van der Waals surface area contributed by atoms with Gasteiger partial charge >= 0.3 is 0 Å². The van der Waals surface area contributed by atoms with Gasteiger partial charge in [0.2, 0.25) is 0 Å². The summed E-state index contributed by atoms with van der Waals surface area (Å²) in [6, 6.07) is 0. The van der Waals surface area contributed by atoms with Crippen LogP contribution in [0.25, 0.3) is 0 Å². The van der Waals surface area contributed by atoms with Crippen molar-refractivity contribution in [1.29, 1.82) is 0 Å². The van der Waals surface area contributed by atoms with E-state index in [1.807, 2.05) is 0 Å². The second-order valence-electron chi connectivity index (χ2n) is 3.24. The molecule has 0 nitrogen and oxygen atoms in total. The van der Waals surface area contributed by atoms with Crippen molar-refractivity contribution in [3.63, 3.8) is 0 Å². The van der Waals surface area contributed by atoms with Crippen LogP contribution < -0.4 is 0 Å². The van der Waals surface area contributed by atoms with Crippen LogP contribution in [0.4, 0.5) is 0 Å². The molecule has 64 valence electrons. The molecule has 0 radical (unpaired) electrons. The lowest BCUT2D eigenvalue weighted by molar-refractivity contribution is 0.822. The van der Waals surface area contributed by atoms with E-state index in [4.69, 9.17) is 0 Å². The van der Waals surface area contributed by atoms with Crippen LogP contribution in [-0.4, -0.2) is 0 Å². The number of rotatable bonds is 4. The molecule has 0 unspecified atom stereocenters. The maximum atomic E-state index is 2.23. The van der Waals surface area contributed by atoms with E-state index in [0.29, 0.717) is 0 Å². The Morgan fingerprint density at radius 3 is 2.27 bits per heavy atom. The summed E-state index contributed by atoms with van der Waals surface area (Å²) in [7, 11) is 0. The van der Waals surface area contributed by atoms with Crippen molar-refractivity contribution in [2.24, 2.45) is 0 Å². The summed E-state index contributed by atoms with van der Waals surface area (Å²) in [6.45, 7) is 8.68. The highest BCUT2D eigenvalue weighted by molar-refractivity contribution is 5.06. The van der Waals surface area contributed by atoms with Gasteiger partial charge in [0.05, 0.1) is 0 Å². The summed E-state index contributed by atoms with van der Waals surface area (Å²) >= 11 is 0. The molecule has 0 rings (SSSR count). The van der Waals surface area contributed by atoms with E-state index in [2.05, 4.69) is 39.8 Å². The van der Waals surface area contributed by atoms with E-state index in [9.17, 15) is 0 Å². The molecule has 0 N–H and O–H groups in total. The molecule has 0 heterocycles. The van der Waals surface area contributed by atoms with Gasteiger partial charge in [-0.15, -0.1) is 0 Å². The van der Waals surface area contributed by atoms with E-state index in [1.54, 1.807) is 5.57 Å². The predicted molar refractivity (Wildman–Crippen MR) is 52.7 cm³/mol. The van der Waals surface area contributed by atoms with Crippen molar-refractivity contribution >= 4 is 0 Å². The van der Waals surface area contributed by atoms with Crippen molar-refractivity contribution in [3.05, 3.63) is 23.3 Å². The molecule has 0 aromatic carbocycles. The zero-order chi connectivity index (χ0) is 8.69. The molecule has 0 saturated heterocycles. The number of hydrogen-bond acceptors (Lipinski definition) is 0.